The molecule has 1 aliphatic carbocycles. The lowest BCUT2D eigenvalue weighted by molar-refractivity contribution is -0.134. The van der Waals surface area contributed by atoms with Gasteiger partial charge in [-0.05, 0) is 49.3 Å². The number of amides is 2. The first kappa shape index (κ1) is 26.8. The van der Waals surface area contributed by atoms with E-state index in [1.807, 2.05) is 36.9 Å². The summed E-state index contributed by atoms with van der Waals surface area (Å²) in [5.41, 5.74) is 1.69. The van der Waals surface area contributed by atoms with Crippen LogP contribution in [-0.2, 0) is 14.3 Å². The second-order valence-corrected chi connectivity index (χ2v) is 11.1. The van der Waals surface area contributed by atoms with E-state index in [0.717, 1.165) is 63.7 Å². The van der Waals surface area contributed by atoms with Crippen molar-refractivity contribution in [1.82, 2.24) is 15.1 Å². The number of benzene rings is 1. The van der Waals surface area contributed by atoms with Crippen molar-refractivity contribution in [3.05, 3.63) is 35.4 Å². The van der Waals surface area contributed by atoms with Crippen LogP contribution in [0.5, 0.6) is 0 Å². The molecule has 2 heterocycles. The minimum atomic E-state index is -0.413. The fraction of sp³-hybridized carbons (Fsp3) is 0.690. The Morgan fingerprint density at radius 2 is 1.75 bits per heavy atom. The molecular weight excluding hydrogens is 454 g/mol. The summed E-state index contributed by atoms with van der Waals surface area (Å²) >= 11 is 0. The molecule has 2 unspecified atom stereocenters. The average molecular weight is 498 g/mol. The Balaban J connectivity index is 1.40. The van der Waals surface area contributed by atoms with Gasteiger partial charge in [0.1, 0.15) is 0 Å². The number of hydrogen-bond donors (Lipinski definition) is 1. The van der Waals surface area contributed by atoms with Gasteiger partial charge in [-0.25, -0.2) is 0 Å². The van der Waals surface area contributed by atoms with Gasteiger partial charge < -0.3 is 15.0 Å². The Bertz CT molecular complexity index is 906. The summed E-state index contributed by atoms with van der Waals surface area (Å²) in [6.07, 6.45) is 7.42. The molecule has 2 atom stereocenters. The van der Waals surface area contributed by atoms with Crippen LogP contribution >= 0.6 is 0 Å². The molecule has 4 rings (SSSR count). The molecule has 7 nitrogen and oxygen atoms in total. The van der Waals surface area contributed by atoms with Crippen molar-refractivity contribution in [2.75, 3.05) is 45.9 Å². The third-order valence-corrected chi connectivity index (χ3v) is 8.14. The zero-order valence-corrected chi connectivity index (χ0v) is 22.0. The number of morpholine rings is 1. The highest BCUT2D eigenvalue weighted by Crippen LogP contribution is 2.30. The SMILES string of the molecule is CC(C)C(=O)C(NC(=O)c1cccc(C2CCCN(C(=O)CN3CCOCC3)C2)c1)C1CCCCC1. The van der Waals surface area contributed by atoms with E-state index >= 15 is 0 Å². The molecule has 3 fully saturated rings. The smallest absolute Gasteiger partial charge is 0.251 e. The van der Waals surface area contributed by atoms with Gasteiger partial charge in [-0.15, -0.1) is 0 Å². The van der Waals surface area contributed by atoms with Gasteiger partial charge in [-0.3, -0.25) is 19.3 Å². The number of hydrogen-bond acceptors (Lipinski definition) is 5. The molecule has 2 aliphatic heterocycles. The highest BCUT2D eigenvalue weighted by atomic mass is 16.5. The van der Waals surface area contributed by atoms with Crippen molar-refractivity contribution in [2.24, 2.45) is 11.8 Å². The summed E-state index contributed by atoms with van der Waals surface area (Å²) in [7, 11) is 0. The van der Waals surface area contributed by atoms with Crippen LogP contribution in [-0.4, -0.2) is 79.4 Å². The third-order valence-electron chi connectivity index (χ3n) is 8.14. The highest BCUT2D eigenvalue weighted by molar-refractivity contribution is 5.98. The molecule has 1 saturated carbocycles. The summed E-state index contributed by atoms with van der Waals surface area (Å²) in [6, 6.07) is 7.38. The van der Waals surface area contributed by atoms with Crippen LogP contribution in [0.2, 0.25) is 0 Å². The molecule has 2 amide bonds. The highest BCUT2D eigenvalue weighted by Gasteiger charge is 2.32. The Labute approximate surface area is 215 Å². The first-order valence-electron chi connectivity index (χ1n) is 13.9. The summed E-state index contributed by atoms with van der Waals surface area (Å²) in [4.78, 5) is 43.4. The summed E-state index contributed by atoms with van der Waals surface area (Å²) in [5, 5.41) is 3.12. The number of carbonyl (C=O) groups excluding carboxylic acids is 3. The maximum absolute atomic E-state index is 13.3. The van der Waals surface area contributed by atoms with Crippen LogP contribution in [0.3, 0.4) is 0 Å². The predicted molar refractivity (Wildman–Crippen MR) is 140 cm³/mol. The van der Waals surface area contributed by atoms with Gasteiger partial charge in [0.2, 0.25) is 5.91 Å². The van der Waals surface area contributed by atoms with Crippen molar-refractivity contribution < 1.29 is 19.1 Å². The minimum absolute atomic E-state index is 0.105. The van der Waals surface area contributed by atoms with Gasteiger partial charge in [0, 0.05) is 43.6 Å². The molecule has 0 aromatic heterocycles. The van der Waals surface area contributed by atoms with Crippen LogP contribution < -0.4 is 5.32 Å². The van der Waals surface area contributed by atoms with Crippen LogP contribution in [0.4, 0.5) is 0 Å². The molecule has 0 bridgehead atoms. The zero-order chi connectivity index (χ0) is 25.5. The van der Waals surface area contributed by atoms with Crippen LogP contribution in [0.1, 0.15) is 80.6 Å². The third kappa shape index (κ3) is 6.94. The quantitative estimate of drug-likeness (QED) is 0.593. The van der Waals surface area contributed by atoms with E-state index in [1.165, 1.54) is 6.42 Å². The van der Waals surface area contributed by atoms with Crippen molar-refractivity contribution in [3.8, 4) is 0 Å². The Morgan fingerprint density at radius 1 is 1.00 bits per heavy atom. The number of likely N-dealkylation sites (tertiary alicyclic amines) is 1. The maximum Gasteiger partial charge on any atom is 0.251 e. The summed E-state index contributed by atoms with van der Waals surface area (Å²) in [6.45, 7) is 8.75. The van der Waals surface area contributed by atoms with Crippen molar-refractivity contribution in [2.45, 2.75) is 70.8 Å². The van der Waals surface area contributed by atoms with E-state index in [4.69, 9.17) is 4.74 Å². The maximum atomic E-state index is 13.3. The van der Waals surface area contributed by atoms with Crippen LogP contribution in [0.25, 0.3) is 0 Å². The molecule has 1 aromatic carbocycles. The molecule has 1 aromatic rings. The number of nitrogens with one attached hydrogen (secondary N) is 1. The summed E-state index contributed by atoms with van der Waals surface area (Å²) in [5.74, 6) is 0.479. The van der Waals surface area contributed by atoms with Gasteiger partial charge in [-0.2, -0.15) is 0 Å². The van der Waals surface area contributed by atoms with Gasteiger partial charge >= 0.3 is 0 Å². The summed E-state index contributed by atoms with van der Waals surface area (Å²) < 4.78 is 5.40. The number of ether oxygens (including phenoxy) is 1. The van der Waals surface area contributed by atoms with E-state index in [2.05, 4.69) is 16.3 Å². The molecule has 0 radical (unpaired) electrons. The molecule has 2 saturated heterocycles. The van der Waals surface area contributed by atoms with Crippen LogP contribution in [0, 0.1) is 11.8 Å². The van der Waals surface area contributed by atoms with E-state index in [0.29, 0.717) is 31.9 Å². The molecule has 36 heavy (non-hydrogen) atoms. The van der Waals surface area contributed by atoms with Crippen LogP contribution in [0.15, 0.2) is 24.3 Å². The standard InChI is InChI=1S/C29H43N3O4/c1-21(2)28(34)27(22-8-4-3-5-9-22)30-29(35)24-11-6-10-23(18-24)25-12-7-13-32(19-25)26(33)20-31-14-16-36-17-15-31/h6,10-11,18,21-22,25,27H,3-5,7-9,12-17,19-20H2,1-2H3,(H,30,35). The van der Waals surface area contributed by atoms with Crippen molar-refractivity contribution >= 4 is 17.6 Å². The molecule has 0 spiro atoms. The molecule has 198 valence electrons. The lowest BCUT2D eigenvalue weighted by Crippen LogP contribution is -2.48. The second kappa shape index (κ2) is 12.8. The number of ketones is 1. The first-order valence-corrected chi connectivity index (χ1v) is 13.9. The fourth-order valence-corrected chi connectivity index (χ4v) is 5.93. The van der Waals surface area contributed by atoms with E-state index in [9.17, 15) is 14.4 Å². The van der Waals surface area contributed by atoms with E-state index in [1.54, 1.807) is 0 Å². The average Bonchev–Trinajstić information content (AvgIpc) is 2.92. The van der Waals surface area contributed by atoms with Crippen molar-refractivity contribution in [1.29, 1.82) is 0 Å². The first-order chi connectivity index (χ1) is 17.4. The van der Waals surface area contributed by atoms with E-state index in [-0.39, 0.29) is 35.4 Å². The number of piperidine rings is 1. The predicted octanol–water partition coefficient (Wildman–Crippen LogP) is 3.63. The second-order valence-electron chi connectivity index (χ2n) is 11.1. The van der Waals surface area contributed by atoms with E-state index < -0.39 is 6.04 Å². The van der Waals surface area contributed by atoms with Gasteiger partial charge in [0.15, 0.2) is 5.78 Å². The number of Topliss-reactive ketones (excluding diaryl/α,β-unsaturated/α-hetero) is 1. The molecular formula is C29H43N3O4. The topological polar surface area (TPSA) is 79.0 Å². The molecule has 7 heteroatoms. The Morgan fingerprint density at radius 3 is 2.47 bits per heavy atom. The Hall–Kier alpha value is -2.25. The lowest BCUT2D eigenvalue weighted by atomic mass is 9.80. The largest absolute Gasteiger partial charge is 0.379 e. The van der Waals surface area contributed by atoms with Gasteiger partial charge in [0.05, 0.1) is 25.8 Å². The van der Waals surface area contributed by atoms with Gasteiger partial charge in [-0.1, -0.05) is 45.2 Å². The molecule has 3 aliphatic rings. The van der Waals surface area contributed by atoms with Gasteiger partial charge in [0.25, 0.3) is 5.91 Å². The molecule has 1 N–H and O–H groups in total. The Kier molecular flexibility index (Phi) is 9.54. The normalized spacial score (nSPS) is 22.9. The number of rotatable bonds is 8. The fourth-order valence-electron chi connectivity index (χ4n) is 5.93. The number of nitrogens with zero attached hydrogens (tertiary/aromatic N) is 2. The number of carbonyl (C=O) groups is 3. The van der Waals surface area contributed by atoms with Crippen molar-refractivity contribution in [3.63, 3.8) is 0 Å². The lowest BCUT2D eigenvalue weighted by Gasteiger charge is -2.35. The minimum Gasteiger partial charge on any atom is -0.379 e. The zero-order valence-electron chi connectivity index (χ0n) is 22.0. The monoisotopic (exact) mass is 497 g/mol.